The van der Waals surface area contributed by atoms with Gasteiger partial charge in [0.2, 0.25) is 5.91 Å². The molecule has 0 aliphatic heterocycles. The molecule has 5 nitrogen and oxygen atoms in total. The fraction of sp³-hybridized carbons (Fsp3) is 0.667. The molecule has 0 fully saturated rings. The molecule has 0 aromatic carbocycles. The monoisotopic (exact) mass is 238 g/mol. The molecule has 0 saturated heterocycles. The SMILES string of the molecule is CCn1cc(CNCC(=O)NC(C)(C)C)cn1. The molecule has 0 saturated carbocycles. The average molecular weight is 238 g/mol. The smallest absolute Gasteiger partial charge is 0.234 e. The fourth-order valence-electron chi connectivity index (χ4n) is 1.45. The largest absolute Gasteiger partial charge is 0.350 e. The van der Waals surface area contributed by atoms with Gasteiger partial charge in [-0.25, -0.2) is 0 Å². The number of rotatable bonds is 5. The second-order valence-corrected chi connectivity index (χ2v) is 5.11. The summed E-state index contributed by atoms with van der Waals surface area (Å²) in [5.41, 5.74) is 0.918. The third-order valence-electron chi connectivity index (χ3n) is 2.14. The van der Waals surface area contributed by atoms with Crippen molar-refractivity contribution in [1.29, 1.82) is 0 Å². The van der Waals surface area contributed by atoms with E-state index < -0.39 is 0 Å². The molecule has 2 N–H and O–H groups in total. The van der Waals surface area contributed by atoms with Crippen molar-refractivity contribution in [2.24, 2.45) is 0 Å². The van der Waals surface area contributed by atoms with Crippen molar-refractivity contribution < 1.29 is 4.79 Å². The van der Waals surface area contributed by atoms with Crippen LogP contribution in [0.5, 0.6) is 0 Å². The molecule has 0 unspecified atom stereocenters. The lowest BCUT2D eigenvalue weighted by Gasteiger charge is -2.20. The number of aryl methyl sites for hydroxylation is 1. The van der Waals surface area contributed by atoms with Gasteiger partial charge in [0.15, 0.2) is 0 Å². The van der Waals surface area contributed by atoms with Gasteiger partial charge in [-0.05, 0) is 27.7 Å². The van der Waals surface area contributed by atoms with Crippen LogP contribution in [0.4, 0.5) is 0 Å². The van der Waals surface area contributed by atoms with Crippen molar-refractivity contribution in [1.82, 2.24) is 20.4 Å². The zero-order valence-electron chi connectivity index (χ0n) is 11.1. The highest BCUT2D eigenvalue weighted by Crippen LogP contribution is 1.98. The van der Waals surface area contributed by atoms with Gasteiger partial charge < -0.3 is 10.6 Å². The van der Waals surface area contributed by atoms with E-state index >= 15 is 0 Å². The lowest BCUT2D eigenvalue weighted by molar-refractivity contribution is -0.121. The topological polar surface area (TPSA) is 59.0 Å². The van der Waals surface area contributed by atoms with Gasteiger partial charge in [-0.1, -0.05) is 0 Å². The Bertz CT molecular complexity index is 365. The minimum atomic E-state index is -0.175. The zero-order chi connectivity index (χ0) is 12.9. The van der Waals surface area contributed by atoms with Crippen LogP contribution in [0.1, 0.15) is 33.3 Å². The molecular weight excluding hydrogens is 216 g/mol. The summed E-state index contributed by atoms with van der Waals surface area (Å²) in [4.78, 5) is 11.5. The summed E-state index contributed by atoms with van der Waals surface area (Å²) in [6.07, 6.45) is 3.80. The molecule has 1 heterocycles. The molecule has 1 aromatic rings. The number of amides is 1. The average Bonchev–Trinajstić information content (AvgIpc) is 2.63. The lowest BCUT2D eigenvalue weighted by atomic mass is 10.1. The first-order valence-corrected chi connectivity index (χ1v) is 5.94. The number of carbonyl (C=O) groups is 1. The minimum absolute atomic E-state index is 0.0142. The van der Waals surface area contributed by atoms with Crippen LogP contribution in [0.3, 0.4) is 0 Å². The number of nitrogens with one attached hydrogen (secondary N) is 2. The van der Waals surface area contributed by atoms with Gasteiger partial charge in [0.25, 0.3) is 0 Å². The number of hydrogen-bond donors (Lipinski definition) is 2. The first-order chi connectivity index (χ1) is 7.90. The molecule has 1 amide bonds. The second kappa shape index (κ2) is 5.82. The highest BCUT2D eigenvalue weighted by atomic mass is 16.2. The molecule has 0 radical (unpaired) electrons. The van der Waals surface area contributed by atoms with E-state index in [1.807, 2.05) is 44.8 Å². The Morgan fingerprint density at radius 2 is 2.18 bits per heavy atom. The van der Waals surface area contributed by atoms with Gasteiger partial charge in [-0.2, -0.15) is 5.10 Å². The molecule has 5 heteroatoms. The Hall–Kier alpha value is -1.36. The van der Waals surface area contributed by atoms with E-state index in [4.69, 9.17) is 0 Å². The summed E-state index contributed by atoms with van der Waals surface area (Å²) >= 11 is 0. The highest BCUT2D eigenvalue weighted by molar-refractivity contribution is 5.78. The minimum Gasteiger partial charge on any atom is -0.350 e. The summed E-state index contributed by atoms with van der Waals surface area (Å²) in [6, 6.07) is 0. The molecule has 0 atom stereocenters. The van der Waals surface area contributed by atoms with Gasteiger partial charge >= 0.3 is 0 Å². The van der Waals surface area contributed by atoms with Gasteiger partial charge in [0, 0.05) is 30.4 Å². The van der Waals surface area contributed by atoms with Crippen LogP contribution in [-0.2, 0) is 17.9 Å². The van der Waals surface area contributed by atoms with Crippen molar-refractivity contribution in [3.05, 3.63) is 18.0 Å². The van der Waals surface area contributed by atoms with E-state index in [2.05, 4.69) is 15.7 Å². The van der Waals surface area contributed by atoms with Crippen molar-refractivity contribution in [2.45, 2.75) is 46.3 Å². The number of nitrogens with zero attached hydrogens (tertiary/aromatic N) is 2. The third kappa shape index (κ3) is 5.49. The Balaban J connectivity index is 2.26. The van der Waals surface area contributed by atoms with Crippen LogP contribution >= 0.6 is 0 Å². The summed E-state index contributed by atoms with van der Waals surface area (Å²) in [7, 11) is 0. The molecular formula is C12H22N4O. The van der Waals surface area contributed by atoms with E-state index in [0.717, 1.165) is 12.1 Å². The molecule has 17 heavy (non-hydrogen) atoms. The number of carbonyl (C=O) groups excluding carboxylic acids is 1. The van der Waals surface area contributed by atoms with Crippen LogP contribution in [0.25, 0.3) is 0 Å². The second-order valence-electron chi connectivity index (χ2n) is 5.11. The maximum atomic E-state index is 11.5. The standard InChI is InChI=1S/C12H22N4O/c1-5-16-9-10(7-14-16)6-13-8-11(17)15-12(2,3)4/h7,9,13H,5-6,8H2,1-4H3,(H,15,17). The quantitative estimate of drug-likeness (QED) is 0.801. The highest BCUT2D eigenvalue weighted by Gasteiger charge is 2.12. The number of hydrogen-bond acceptors (Lipinski definition) is 3. The molecule has 0 bridgehead atoms. The Labute approximate surface area is 103 Å². The molecule has 0 aliphatic rings. The molecule has 96 valence electrons. The van der Waals surface area contributed by atoms with Crippen molar-refractivity contribution in [3.63, 3.8) is 0 Å². The van der Waals surface area contributed by atoms with E-state index in [0.29, 0.717) is 13.1 Å². The maximum Gasteiger partial charge on any atom is 0.234 e. The molecule has 0 aliphatic carbocycles. The normalized spacial score (nSPS) is 11.5. The van der Waals surface area contributed by atoms with Crippen LogP contribution < -0.4 is 10.6 Å². The van der Waals surface area contributed by atoms with Crippen LogP contribution in [-0.4, -0.2) is 27.8 Å². The predicted molar refractivity (Wildman–Crippen MR) is 67.5 cm³/mol. The van der Waals surface area contributed by atoms with Gasteiger partial charge in [-0.15, -0.1) is 0 Å². The van der Waals surface area contributed by atoms with Gasteiger partial charge in [0.05, 0.1) is 12.7 Å². The summed E-state index contributed by atoms with van der Waals surface area (Å²) < 4.78 is 1.87. The third-order valence-corrected chi connectivity index (χ3v) is 2.14. The van der Waals surface area contributed by atoms with Gasteiger partial charge in [-0.3, -0.25) is 9.48 Å². The van der Waals surface area contributed by atoms with E-state index in [-0.39, 0.29) is 11.4 Å². The summed E-state index contributed by atoms with van der Waals surface area (Å²) in [6.45, 7) is 9.81. The lowest BCUT2D eigenvalue weighted by Crippen LogP contribution is -2.44. The van der Waals surface area contributed by atoms with Crippen molar-refractivity contribution in [2.75, 3.05) is 6.54 Å². The summed E-state index contributed by atoms with van der Waals surface area (Å²) in [5, 5.41) is 10.2. The maximum absolute atomic E-state index is 11.5. The first kappa shape index (κ1) is 13.7. The van der Waals surface area contributed by atoms with E-state index in [1.165, 1.54) is 0 Å². The summed E-state index contributed by atoms with van der Waals surface area (Å²) in [5.74, 6) is 0.0142. The van der Waals surface area contributed by atoms with E-state index in [1.54, 1.807) is 0 Å². The zero-order valence-corrected chi connectivity index (χ0v) is 11.1. The van der Waals surface area contributed by atoms with Crippen LogP contribution in [0.15, 0.2) is 12.4 Å². The van der Waals surface area contributed by atoms with Crippen LogP contribution in [0, 0.1) is 0 Å². The number of aromatic nitrogens is 2. The Kier molecular flexibility index (Phi) is 4.69. The van der Waals surface area contributed by atoms with Crippen LogP contribution in [0.2, 0.25) is 0 Å². The molecule has 1 rings (SSSR count). The van der Waals surface area contributed by atoms with Crippen molar-refractivity contribution in [3.8, 4) is 0 Å². The predicted octanol–water partition coefficient (Wildman–Crippen LogP) is 0.907. The van der Waals surface area contributed by atoms with Gasteiger partial charge in [0.1, 0.15) is 0 Å². The molecule has 1 aromatic heterocycles. The first-order valence-electron chi connectivity index (χ1n) is 5.94. The van der Waals surface area contributed by atoms with E-state index in [9.17, 15) is 4.79 Å². The van der Waals surface area contributed by atoms with Crippen molar-refractivity contribution >= 4 is 5.91 Å². The molecule has 0 spiro atoms. The Morgan fingerprint density at radius 1 is 1.47 bits per heavy atom. The fourth-order valence-corrected chi connectivity index (χ4v) is 1.45. The Morgan fingerprint density at radius 3 is 2.71 bits per heavy atom.